The summed E-state index contributed by atoms with van der Waals surface area (Å²) in [4.78, 5) is 82.4. The molecule has 0 bridgehead atoms. The molecular formula is C40H50N6O9. The molecule has 1 fully saturated rings. The highest BCUT2D eigenvalue weighted by molar-refractivity contribution is 5.95. The van der Waals surface area contributed by atoms with E-state index in [1.165, 1.54) is 11.9 Å². The van der Waals surface area contributed by atoms with E-state index < -0.39 is 72.1 Å². The molecule has 294 valence electrons. The first kappa shape index (κ1) is 41.8. The molecule has 15 heteroatoms. The summed E-state index contributed by atoms with van der Waals surface area (Å²) < 4.78 is 11.3. The van der Waals surface area contributed by atoms with Gasteiger partial charge in [-0.15, -0.1) is 0 Å². The summed E-state index contributed by atoms with van der Waals surface area (Å²) in [6.07, 6.45) is -4.21. The molecule has 6 N–H and O–H groups in total. The van der Waals surface area contributed by atoms with Crippen LogP contribution in [0.25, 0.3) is 0 Å². The van der Waals surface area contributed by atoms with Gasteiger partial charge in [0.2, 0.25) is 17.7 Å². The molecule has 3 aromatic carbocycles. The number of likely N-dealkylation sites (N-methyl/N-ethyl adjacent to an activating group) is 1. The zero-order valence-corrected chi connectivity index (χ0v) is 31.5. The number of aliphatic hydroxyl groups is 1. The molecule has 4 rings (SSSR count). The predicted molar refractivity (Wildman–Crippen MR) is 202 cm³/mol. The minimum atomic E-state index is -1.82. The van der Waals surface area contributed by atoms with Crippen LogP contribution in [0.5, 0.6) is 5.75 Å². The fourth-order valence-electron chi connectivity index (χ4n) is 6.00. The molecule has 55 heavy (non-hydrogen) atoms. The van der Waals surface area contributed by atoms with Gasteiger partial charge in [0.25, 0.3) is 18.0 Å². The summed E-state index contributed by atoms with van der Waals surface area (Å²) in [5, 5.41) is 19.5. The Labute approximate surface area is 320 Å². The van der Waals surface area contributed by atoms with Crippen LogP contribution in [-0.2, 0) is 41.7 Å². The third kappa shape index (κ3) is 12.6. The lowest BCUT2D eigenvalue weighted by atomic mass is 9.99. The summed E-state index contributed by atoms with van der Waals surface area (Å²) in [5.74, 6) is -3.81. The van der Waals surface area contributed by atoms with Crippen LogP contribution in [-0.4, -0.2) is 100 Å². The number of likely N-dealkylation sites (tertiary alicyclic amines) is 1. The number of ether oxygens (including phenoxy) is 2. The van der Waals surface area contributed by atoms with Crippen LogP contribution in [0.1, 0.15) is 51.2 Å². The molecule has 1 aliphatic heterocycles. The van der Waals surface area contributed by atoms with E-state index in [1.54, 1.807) is 84.9 Å². The molecule has 0 saturated carbocycles. The van der Waals surface area contributed by atoms with Gasteiger partial charge in [-0.3, -0.25) is 28.9 Å². The Morgan fingerprint density at radius 2 is 1.45 bits per heavy atom. The zero-order valence-electron chi connectivity index (χ0n) is 31.5. The third-order valence-corrected chi connectivity index (χ3v) is 8.70. The van der Waals surface area contributed by atoms with Crippen LogP contribution >= 0.6 is 0 Å². The Kier molecular flexibility index (Phi) is 14.7. The topological polar surface area (TPSA) is 210 Å². The Bertz CT molecular complexity index is 1770. The fraction of sp³-hybridized carbons (Fsp3) is 0.400. The van der Waals surface area contributed by atoms with Crippen LogP contribution in [0.15, 0.2) is 91.0 Å². The monoisotopic (exact) mass is 758 g/mol. The van der Waals surface area contributed by atoms with E-state index in [1.807, 2.05) is 26.8 Å². The van der Waals surface area contributed by atoms with Crippen LogP contribution in [0, 0.1) is 0 Å². The fourth-order valence-corrected chi connectivity index (χ4v) is 6.00. The van der Waals surface area contributed by atoms with E-state index in [-0.39, 0.29) is 31.2 Å². The van der Waals surface area contributed by atoms with E-state index >= 15 is 0 Å². The van der Waals surface area contributed by atoms with Crippen molar-refractivity contribution in [2.24, 2.45) is 5.73 Å². The van der Waals surface area contributed by atoms with Gasteiger partial charge in [-0.1, -0.05) is 78.9 Å². The predicted octanol–water partition coefficient (Wildman–Crippen LogP) is 2.01. The number of amides is 6. The normalized spacial score (nSPS) is 16.1. The van der Waals surface area contributed by atoms with Gasteiger partial charge in [0, 0.05) is 19.1 Å². The van der Waals surface area contributed by atoms with Gasteiger partial charge in [-0.05, 0) is 63.3 Å². The Hall–Kier alpha value is -5.96. The lowest BCUT2D eigenvalue weighted by molar-refractivity contribution is -0.147. The maximum atomic E-state index is 14.0. The molecule has 0 spiro atoms. The highest BCUT2D eigenvalue weighted by Crippen LogP contribution is 2.22. The highest BCUT2D eigenvalue weighted by Gasteiger charge is 2.41. The number of nitrogens with two attached hydrogens (primary N) is 1. The number of primary amides is 1. The van der Waals surface area contributed by atoms with Gasteiger partial charge < -0.3 is 41.2 Å². The number of hydrogen-bond acceptors (Lipinski definition) is 9. The summed E-state index contributed by atoms with van der Waals surface area (Å²) in [5.41, 5.74) is 6.31. The number of carbonyl (C=O) groups excluding carboxylic acids is 6. The van der Waals surface area contributed by atoms with Crippen molar-refractivity contribution in [3.05, 3.63) is 102 Å². The van der Waals surface area contributed by atoms with Gasteiger partial charge in [0.1, 0.15) is 24.4 Å². The van der Waals surface area contributed by atoms with Crippen molar-refractivity contribution in [1.82, 2.24) is 25.8 Å². The molecule has 0 radical (unpaired) electrons. The lowest BCUT2D eigenvalue weighted by Gasteiger charge is -2.32. The number of hydrogen-bond donors (Lipinski definition) is 5. The zero-order chi connectivity index (χ0) is 40.1. The van der Waals surface area contributed by atoms with Crippen molar-refractivity contribution in [3.8, 4) is 5.75 Å². The average molecular weight is 759 g/mol. The standard InChI is InChI=1S/C40H50N6O9/c1-40(2,3)44-35(50)31-21-14-22-46(31)37(52)33(48)29(23-26-15-8-5-9-16-26)42-34(49)30(24-32(41)47)43-36(51)38(55-28-19-12-7-13-20-28)45(4)39(53)54-25-27-17-10-6-11-18-27/h5-13,15-20,29-31,33,38,48H,14,21-25H2,1-4H3,(H2,41,47)(H,42,49)(H,43,51)(H,44,50)/t29-,30-,31-,33-,38?/m0/s1. The SMILES string of the molecule is CN(C(=O)OCc1ccccc1)C(Oc1ccccc1)C(=O)N[C@@H](CC(N)=O)C(=O)N[C@@H](Cc1ccccc1)[C@H](O)C(=O)N1CCC[C@H]1C(=O)NC(C)(C)C. The second-order valence-corrected chi connectivity index (χ2v) is 14.3. The van der Waals surface area contributed by atoms with Crippen molar-refractivity contribution in [2.75, 3.05) is 13.6 Å². The van der Waals surface area contributed by atoms with Gasteiger partial charge >= 0.3 is 6.09 Å². The van der Waals surface area contributed by atoms with Gasteiger partial charge in [0.05, 0.1) is 12.5 Å². The lowest BCUT2D eigenvalue weighted by Crippen LogP contribution is -2.60. The second-order valence-electron chi connectivity index (χ2n) is 14.3. The summed E-state index contributed by atoms with van der Waals surface area (Å²) in [6, 6.07) is 22.1. The second kappa shape index (κ2) is 19.4. The van der Waals surface area contributed by atoms with Crippen molar-refractivity contribution in [2.45, 2.75) is 89.1 Å². The molecule has 5 atom stereocenters. The summed E-state index contributed by atoms with van der Waals surface area (Å²) >= 11 is 0. The summed E-state index contributed by atoms with van der Waals surface area (Å²) in [7, 11) is 1.27. The molecule has 0 aliphatic carbocycles. The maximum absolute atomic E-state index is 14.0. The first-order chi connectivity index (χ1) is 26.1. The van der Waals surface area contributed by atoms with Crippen molar-refractivity contribution in [1.29, 1.82) is 0 Å². The quantitative estimate of drug-likeness (QED) is 0.135. The Morgan fingerprint density at radius 1 is 0.873 bits per heavy atom. The van der Waals surface area contributed by atoms with E-state index in [2.05, 4.69) is 16.0 Å². The summed E-state index contributed by atoms with van der Waals surface area (Å²) in [6.45, 7) is 5.58. The Morgan fingerprint density at radius 3 is 2.04 bits per heavy atom. The van der Waals surface area contributed by atoms with E-state index in [9.17, 15) is 33.9 Å². The number of para-hydroxylation sites is 1. The smallest absolute Gasteiger partial charge is 0.413 e. The first-order valence-electron chi connectivity index (χ1n) is 18.0. The maximum Gasteiger partial charge on any atom is 0.413 e. The average Bonchev–Trinajstić information content (AvgIpc) is 3.65. The number of carbonyl (C=O) groups is 6. The van der Waals surface area contributed by atoms with E-state index in [0.717, 1.165) is 4.90 Å². The minimum absolute atomic E-state index is 0.0286. The molecule has 1 aliphatic rings. The largest absolute Gasteiger partial charge is 0.461 e. The third-order valence-electron chi connectivity index (χ3n) is 8.70. The molecule has 15 nitrogen and oxygen atoms in total. The van der Waals surface area contributed by atoms with E-state index in [4.69, 9.17) is 15.2 Å². The minimum Gasteiger partial charge on any atom is -0.461 e. The number of nitrogens with zero attached hydrogens (tertiary/aromatic N) is 2. The van der Waals surface area contributed by atoms with Crippen LogP contribution in [0.3, 0.4) is 0 Å². The van der Waals surface area contributed by atoms with Crippen molar-refractivity contribution in [3.63, 3.8) is 0 Å². The molecule has 1 heterocycles. The number of benzene rings is 3. The number of nitrogens with one attached hydrogen (secondary N) is 3. The van der Waals surface area contributed by atoms with Crippen LogP contribution in [0.2, 0.25) is 0 Å². The van der Waals surface area contributed by atoms with Gasteiger partial charge in [-0.2, -0.15) is 0 Å². The van der Waals surface area contributed by atoms with Crippen LogP contribution in [0.4, 0.5) is 4.79 Å². The highest BCUT2D eigenvalue weighted by atomic mass is 16.6. The molecule has 1 saturated heterocycles. The van der Waals surface area contributed by atoms with Crippen molar-refractivity contribution < 1.29 is 43.3 Å². The Balaban J connectivity index is 1.56. The molecule has 6 amide bonds. The number of rotatable bonds is 16. The molecule has 0 aromatic heterocycles. The molecular weight excluding hydrogens is 708 g/mol. The van der Waals surface area contributed by atoms with Crippen molar-refractivity contribution >= 4 is 35.6 Å². The van der Waals surface area contributed by atoms with Gasteiger partial charge in [-0.25, -0.2) is 4.79 Å². The molecule has 1 unspecified atom stereocenters. The first-order valence-corrected chi connectivity index (χ1v) is 18.0. The van der Waals surface area contributed by atoms with Gasteiger partial charge in [0.15, 0.2) is 6.10 Å². The molecule has 3 aromatic rings. The van der Waals surface area contributed by atoms with E-state index in [0.29, 0.717) is 24.0 Å². The number of aliphatic hydroxyl groups excluding tert-OH is 1. The van der Waals surface area contributed by atoms with Crippen LogP contribution < -0.4 is 26.4 Å².